The monoisotopic (exact) mass is 354 g/mol. The zero-order valence-electron chi connectivity index (χ0n) is 16.1. The van der Waals surface area contributed by atoms with Gasteiger partial charge in [0, 0.05) is 50.2 Å². The molecule has 0 bridgehead atoms. The summed E-state index contributed by atoms with van der Waals surface area (Å²) in [5.74, 6) is 1.77. The second-order valence-corrected chi connectivity index (χ2v) is 7.08. The van der Waals surface area contributed by atoms with Crippen molar-refractivity contribution in [2.75, 3.05) is 68.5 Å². The Morgan fingerprint density at radius 1 is 1.00 bits per heavy atom. The van der Waals surface area contributed by atoms with E-state index in [2.05, 4.69) is 75.5 Å². The number of hydrogen-bond acceptors (Lipinski definition) is 6. The summed E-state index contributed by atoms with van der Waals surface area (Å²) in [5, 5.41) is 3.37. The summed E-state index contributed by atoms with van der Waals surface area (Å²) in [4.78, 5) is 16.3. The molecule has 1 N–H and O–H groups in total. The maximum Gasteiger partial charge on any atom is 0.224 e. The molecule has 26 heavy (non-hydrogen) atoms. The van der Waals surface area contributed by atoms with Crippen LogP contribution in [0.4, 0.5) is 17.5 Å². The summed E-state index contributed by atoms with van der Waals surface area (Å²) < 4.78 is 0. The normalized spacial score (nSPS) is 14.8. The highest BCUT2D eigenvalue weighted by Gasteiger charge is 2.19. The van der Waals surface area contributed by atoms with Crippen molar-refractivity contribution < 1.29 is 0 Å². The van der Waals surface area contributed by atoms with E-state index in [0.29, 0.717) is 0 Å². The molecular weight excluding hydrogens is 324 g/mol. The summed E-state index contributed by atoms with van der Waals surface area (Å²) in [7, 11) is 4.19. The molecule has 1 saturated heterocycles. The van der Waals surface area contributed by atoms with Crippen LogP contribution in [-0.2, 0) is 0 Å². The number of nitrogens with one attached hydrogen (secondary N) is 1. The van der Waals surface area contributed by atoms with Crippen molar-refractivity contribution in [1.29, 1.82) is 0 Å². The fraction of sp³-hybridized carbons (Fsp3) is 0.500. The first-order valence-electron chi connectivity index (χ1n) is 9.41. The second-order valence-electron chi connectivity index (χ2n) is 7.08. The summed E-state index contributed by atoms with van der Waals surface area (Å²) in [6, 6.07) is 12.7. The first-order valence-corrected chi connectivity index (χ1v) is 9.41. The molecule has 0 aliphatic carbocycles. The molecule has 140 valence electrons. The van der Waals surface area contributed by atoms with E-state index < -0.39 is 0 Å². The molecule has 0 saturated carbocycles. The van der Waals surface area contributed by atoms with Gasteiger partial charge in [-0.3, -0.25) is 0 Å². The maximum absolute atomic E-state index is 4.74. The summed E-state index contributed by atoms with van der Waals surface area (Å²) in [5.41, 5.74) is 2.31. The molecule has 1 aliphatic rings. The van der Waals surface area contributed by atoms with Gasteiger partial charge < -0.3 is 20.0 Å². The Morgan fingerprint density at radius 2 is 1.69 bits per heavy atom. The standard InChI is InChI=1S/C20H30N6/c1-17-16-19(23-20(22-17)21-10-7-11-24(2)3)26-14-12-25(13-15-26)18-8-5-4-6-9-18/h4-6,8-9,16H,7,10-15H2,1-3H3,(H,21,22,23). The zero-order valence-corrected chi connectivity index (χ0v) is 16.1. The fourth-order valence-corrected chi connectivity index (χ4v) is 3.22. The Balaban J connectivity index is 1.57. The van der Waals surface area contributed by atoms with Gasteiger partial charge in [-0.25, -0.2) is 4.98 Å². The molecule has 1 aromatic heterocycles. The average Bonchev–Trinajstić information content (AvgIpc) is 2.65. The van der Waals surface area contributed by atoms with Gasteiger partial charge in [0.2, 0.25) is 5.95 Å². The Bertz CT molecular complexity index is 680. The van der Waals surface area contributed by atoms with E-state index >= 15 is 0 Å². The highest BCUT2D eigenvalue weighted by molar-refractivity contribution is 5.50. The van der Waals surface area contributed by atoms with Gasteiger partial charge >= 0.3 is 0 Å². The molecule has 1 aromatic carbocycles. The quantitative estimate of drug-likeness (QED) is 0.771. The molecular formula is C20H30N6. The lowest BCUT2D eigenvalue weighted by Crippen LogP contribution is -2.46. The van der Waals surface area contributed by atoms with E-state index in [-0.39, 0.29) is 0 Å². The van der Waals surface area contributed by atoms with E-state index in [0.717, 1.165) is 63.1 Å². The number of nitrogens with zero attached hydrogens (tertiary/aromatic N) is 5. The third-order valence-corrected chi connectivity index (χ3v) is 4.63. The number of aromatic nitrogens is 2. The Morgan fingerprint density at radius 3 is 2.38 bits per heavy atom. The van der Waals surface area contributed by atoms with E-state index in [9.17, 15) is 0 Å². The van der Waals surface area contributed by atoms with Gasteiger partial charge in [-0.1, -0.05) is 18.2 Å². The Labute approximate surface area is 156 Å². The lowest BCUT2D eigenvalue weighted by molar-refractivity contribution is 0.405. The van der Waals surface area contributed by atoms with E-state index in [1.807, 2.05) is 6.92 Å². The van der Waals surface area contributed by atoms with Crippen LogP contribution in [0.1, 0.15) is 12.1 Å². The van der Waals surface area contributed by atoms with Crippen LogP contribution >= 0.6 is 0 Å². The minimum Gasteiger partial charge on any atom is -0.368 e. The number of hydrogen-bond donors (Lipinski definition) is 1. The van der Waals surface area contributed by atoms with Gasteiger partial charge in [-0.15, -0.1) is 0 Å². The van der Waals surface area contributed by atoms with Crippen molar-refractivity contribution in [3.05, 3.63) is 42.1 Å². The number of aryl methyl sites for hydroxylation is 1. The highest BCUT2D eigenvalue weighted by Crippen LogP contribution is 2.20. The van der Waals surface area contributed by atoms with Crippen molar-refractivity contribution in [3.8, 4) is 0 Å². The molecule has 3 rings (SSSR count). The second kappa shape index (κ2) is 8.85. The predicted molar refractivity (Wildman–Crippen MR) is 109 cm³/mol. The van der Waals surface area contributed by atoms with Crippen molar-refractivity contribution in [1.82, 2.24) is 14.9 Å². The number of benzene rings is 1. The van der Waals surface area contributed by atoms with Crippen molar-refractivity contribution >= 4 is 17.5 Å². The largest absolute Gasteiger partial charge is 0.368 e. The van der Waals surface area contributed by atoms with Gasteiger partial charge in [-0.05, 0) is 46.1 Å². The average molecular weight is 355 g/mol. The van der Waals surface area contributed by atoms with Gasteiger partial charge in [0.25, 0.3) is 0 Å². The van der Waals surface area contributed by atoms with Crippen molar-refractivity contribution in [2.24, 2.45) is 0 Å². The summed E-state index contributed by atoms with van der Waals surface area (Å²) >= 11 is 0. The minimum atomic E-state index is 0.740. The van der Waals surface area contributed by atoms with Crippen molar-refractivity contribution in [2.45, 2.75) is 13.3 Å². The lowest BCUT2D eigenvalue weighted by Gasteiger charge is -2.36. The molecule has 0 amide bonds. The fourth-order valence-electron chi connectivity index (χ4n) is 3.22. The van der Waals surface area contributed by atoms with E-state index in [1.54, 1.807) is 0 Å². The van der Waals surface area contributed by atoms with Gasteiger partial charge in [0.1, 0.15) is 5.82 Å². The molecule has 0 spiro atoms. The third kappa shape index (κ3) is 5.08. The van der Waals surface area contributed by atoms with Crippen LogP contribution in [0.5, 0.6) is 0 Å². The summed E-state index contributed by atoms with van der Waals surface area (Å²) in [6.45, 7) is 7.97. The minimum absolute atomic E-state index is 0.740. The Kier molecular flexibility index (Phi) is 6.28. The molecule has 6 heteroatoms. The van der Waals surface area contributed by atoms with E-state index in [4.69, 9.17) is 4.98 Å². The van der Waals surface area contributed by atoms with Crippen LogP contribution in [0.15, 0.2) is 36.4 Å². The third-order valence-electron chi connectivity index (χ3n) is 4.63. The molecule has 6 nitrogen and oxygen atoms in total. The molecule has 1 aliphatic heterocycles. The predicted octanol–water partition coefficient (Wildman–Crippen LogP) is 2.48. The Hall–Kier alpha value is -2.34. The van der Waals surface area contributed by atoms with Gasteiger partial charge in [0.15, 0.2) is 0 Å². The van der Waals surface area contributed by atoms with Gasteiger partial charge in [0.05, 0.1) is 0 Å². The van der Waals surface area contributed by atoms with Gasteiger partial charge in [-0.2, -0.15) is 4.98 Å². The lowest BCUT2D eigenvalue weighted by atomic mass is 10.2. The molecule has 0 radical (unpaired) electrons. The SMILES string of the molecule is Cc1cc(N2CCN(c3ccccc3)CC2)nc(NCCCN(C)C)n1. The molecule has 2 aromatic rings. The number of rotatable bonds is 7. The smallest absolute Gasteiger partial charge is 0.224 e. The zero-order chi connectivity index (χ0) is 18.4. The molecule has 0 unspecified atom stereocenters. The molecule has 1 fully saturated rings. The van der Waals surface area contributed by atoms with Crippen LogP contribution in [0.3, 0.4) is 0 Å². The first kappa shape index (κ1) is 18.5. The number of anilines is 3. The van der Waals surface area contributed by atoms with Crippen LogP contribution in [0, 0.1) is 6.92 Å². The van der Waals surface area contributed by atoms with E-state index in [1.165, 1.54) is 5.69 Å². The van der Waals surface area contributed by atoms with Crippen molar-refractivity contribution in [3.63, 3.8) is 0 Å². The number of piperazine rings is 1. The van der Waals surface area contributed by atoms with Crippen LogP contribution < -0.4 is 15.1 Å². The topological polar surface area (TPSA) is 47.5 Å². The molecule has 0 atom stereocenters. The molecule has 2 heterocycles. The highest BCUT2D eigenvalue weighted by atomic mass is 15.3. The van der Waals surface area contributed by atoms with Crippen LogP contribution in [-0.4, -0.2) is 68.2 Å². The van der Waals surface area contributed by atoms with Crippen LogP contribution in [0.2, 0.25) is 0 Å². The maximum atomic E-state index is 4.74. The number of para-hydroxylation sites is 1. The van der Waals surface area contributed by atoms with Crippen LogP contribution in [0.25, 0.3) is 0 Å². The first-order chi connectivity index (χ1) is 12.6. The summed E-state index contributed by atoms with van der Waals surface area (Å²) in [6.07, 6.45) is 1.08.